The third-order valence-electron chi connectivity index (χ3n) is 0.653. The van der Waals surface area contributed by atoms with Crippen LogP contribution in [0, 0.1) is 5.92 Å². The zero-order valence-electron chi connectivity index (χ0n) is 4.02. The summed E-state index contributed by atoms with van der Waals surface area (Å²) >= 11 is 0. The second-order valence-corrected chi connectivity index (χ2v) is 1.39. The number of hydrogen-bond acceptors (Lipinski definition) is 1. The fraction of sp³-hybridized carbons (Fsp3) is 0.750. The Morgan fingerprint density at radius 3 is 2.43 bits per heavy atom. The first kappa shape index (κ1) is 6.40. The van der Waals surface area contributed by atoms with Crippen LogP contribution < -0.4 is 0 Å². The maximum absolute atomic E-state index is 11.3. The second-order valence-electron chi connectivity index (χ2n) is 1.39. The van der Waals surface area contributed by atoms with E-state index in [9.17, 15) is 9.18 Å². The summed E-state index contributed by atoms with van der Waals surface area (Å²) < 4.78 is 11.3. The van der Waals surface area contributed by atoms with Crippen molar-refractivity contribution in [3.8, 4) is 0 Å². The van der Waals surface area contributed by atoms with Crippen LogP contribution in [-0.4, -0.2) is 17.8 Å². The summed E-state index contributed by atoms with van der Waals surface area (Å²) in [6.45, 7) is 0.539. The summed E-state index contributed by atoms with van der Waals surface area (Å²) in [4.78, 5) is 9.69. The molecule has 0 aliphatic carbocycles. The molecule has 0 aliphatic rings. The third kappa shape index (κ3) is 2.14. The lowest BCUT2D eigenvalue weighted by atomic mass is 10.2. The fourth-order valence-corrected chi connectivity index (χ4v) is 0.0660. The minimum Gasteiger partial charge on any atom is -0.481 e. The summed E-state index contributed by atoms with van der Waals surface area (Å²) in [6.07, 6.45) is 0. The number of carbonyl (C=O) groups is 1. The second kappa shape index (κ2) is 2.55. The summed E-state index contributed by atoms with van der Waals surface area (Å²) in [5.41, 5.74) is 0. The molecule has 0 aliphatic heterocycles. The van der Waals surface area contributed by atoms with Gasteiger partial charge in [-0.05, 0) is 6.92 Å². The van der Waals surface area contributed by atoms with Crippen LogP contribution in [0.4, 0.5) is 4.39 Å². The number of alkyl halides is 1. The number of rotatable bonds is 2. The highest BCUT2D eigenvalue weighted by Gasteiger charge is 2.07. The van der Waals surface area contributed by atoms with Gasteiger partial charge in [0.15, 0.2) is 0 Å². The van der Waals surface area contributed by atoms with Crippen molar-refractivity contribution in [3.63, 3.8) is 0 Å². The minimum absolute atomic E-state index is 0.782. The molecule has 0 aromatic carbocycles. The van der Waals surface area contributed by atoms with Gasteiger partial charge in [-0.1, -0.05) is 0 Å². The van der Waals surface area contributed by atoms with Crippen molar-refractivity contribution in [3.05, 3.63) is 0 Å². The molecule has 0 saturated carbocycles. The molecule has 0 rings (SSSR count). The van der Waals surface area contributed by atoms with Gasteiger partial charge >= 0.3 is 5.97 Å². The van der Waals surface area contributed by atoms with Crippen molar-refractivity contribution >= 4 is 5.97 Å². The van der Waals surface area contributed by atoms with Crippen LogP contribution in [-0.2, 0) is 4.79 Å². The molecule has 3 heteroatoms. The highest BCUT2D eigenvalue weighted by atomic mass is 19.1. The summed E-state index contributed by atoms with van der Waals surface area (Å²) in [7, 11) is 0. The molecule has 7 heavy (non-hydrogen) atoms. The van der Waals surface area contributed by atoms with Crippen LogP contribution in [0.1, 0.15) is 6.92 Å². The predicted molar refractivity (Wildman–Crippen MR) is 22.8 cm³/mol. The van der Waals surface area contributed by atoms with Gasteiger partial charge in [0.1, 0.15) is 6.67 Å². The van der Waals surface area contributed by atoms with Crippen LogP contribution in [0.15, 0.2) is 0 Å². The van der Waals surface area contributed by atoms with Gasteiger partial charge in [-0.3, -0.25) is 9.18 Å². The van der Waals surface area contributed by atoms with E-state index < -0.39 is 18.6 Å². The van der Waals surface area contributed by atoms with Gasteiger partial charge in [0.2, 0.25) is 0 Å². The van der Waals surface area contributed by atoms with Crippen LogP contribution in [0.2, 0.25) is 0 Å². The molecule has 0 aromatic rings. The Bertz CT molecular complexity index is 72.1. The molecule has 0 aromatic heterocycles. The Hall–Kier alpha value is -0.600. The lowest BCUT2D eigenvalue weighted by Crippen LogP contribution is -2.10. The molecular weight excluding hydrogens is 99.0 g/mol. The zero-order valence-corrected chi connectivity index (χ0v) is 4.02. The first-order valence-electron chi connectivity index (χ1n) is 1.97. The molecule has 42 valence electrons. The maximum atomic E-state index is 11.3. The van der Waals surface area contributed by atoms with Crippen molar-refractivity contribution in [1.29, 1.82) is 0 Å². The molecule has 1 atom stereocenters. The monoisotopic (exact) mass is 106 g/mol. The topological polar surface area (TPSA) is 37.3 Å². The molecule has 1 N–H and O–H groups in total. The Kier molecular flexibility index (Phi) is 2.33. The lowest BCUT2D eigenvalue weighted by molar-refractivity contribution is -0.141. The first-order chi connectivity index (χ1) is 3.18. The van der Waals surface area contributed by atoms with E-state index in [2.05, 4.69) is 0 Å². The van der Waals surface area contributed by atoms with Crippen molar-refractivity contribution in [2.75, 3.05) is 6.67 Å². The molecule has 0 heterocycles. The smallest absolute Gasteiger partial charge is 0.308 e. The molecule has 2 nitrogen and oxygen atoms in total. The minimum atomic E-state index is -1.08. The molecule has 0 amide bonds. The van der Waals surface area contributed by atoms with Crippen molar-refractivity contribution < 1.29 is 14.3 Å². The quantitative estimate of drug-likeness (QED) is 0.562. The number of aliphatic carboxylic acids is 1. The Balaban J connectivity index is 3.34. The van der Waals surface area contributed by atoms with E-state index in [0.29, 0.717) is 0 Å². The van der Waals surface area contributed by atoms with Gasteiger partial charge in [0, 0.05) is 0 Å². The first-order valence-corrected chi connectivity index (χ1v) is 1.97. The standard InChI is InChI=1S/C4H7FO2/c1-3(2-5)4(6)7/h3H,2H2,1H3,(H,6,7). The number of carboxylic acids is 1. The average Bonchev–Trinajstić information content (AvgIpc) is 1.65. The molecule has 0 saturated heterocycles. The average molecular weight is 106 g/mol. The van der Waals surface area contributed by atoms with E-state index >= 15 is 0 Å². The third-order valence-corrected chi connectivity index (χ3v) is 0.653. The van der Waals surface area contributed by atoms with E-state index in [1.807, 2.05) is 0 Å². The van der Waals surface area contributed by atoms with E-state index in [0.717, 1.165) is 0 Å². The summed E-state index contributed by atoms with van der Waals surface area (Å²) in [6, 6.07) is 0. The molecule has 0 radical (unpaired) electrons. The van der Waals surface area contributed by atoms with E-state index in [-0.39, 0.29) is 0 Å². The van der Waals surface area contributed by atoms with Crippen LogP contribution >= 0.6 is 0 Å². The molecule has 1 unspecified atom stereocenters. The Labute approximate surface area is 41.0 Å². The number of carboxylic acid groups (broad SMARTS) is 1. The van der Waals surface area contributed by atoms with Crippen LogP contribution in [0.5, 0.6) is 0 Å². The van der Waals surface area contributed by atoms with E-state index in [1.165, 1.54) is 6.92 Å². The lowest BCUT2D eigenvalue weighted by Gasteiger charge is -1.93. The van der Waals surface area contributed by atoms with Crippen molar-refractivity contribution in [2.45, 2.75) is 6.92 Å². The zero-order chi connectivity index (χ0) is 5.86. The fourth-order valence-electron chi connectivity index (χ4n) is 0.0660. The van der Waals surface area contributed by atoms with Crippen molar-refractivity contribution in [2.24, 2.45) is 5.92 Å². The molecule has 0 spiro atoms. The van der Waals surface area contributed by atoms with Crippen LogP contribution in [0.25, 0.3) is 0 Å². The molecule has 0 fully saturated rings. The Morgan fingerprint density at radius 2 is 2.43 bits per heavy atom. The SMILES string of the molecule is CC(CF)C(=O)O. The van der Waals surface area contributed by atoms with Crippen molar-refractivity contribution in [1.82, 2.24) is 0 Å². The maximum Gasteiger partial charge on any atom is 0.308 e. The van der Waals surface area contributed by atoms with E-state index in [1.54, 1.807) is 0 Å². The number of hydrogen-bond donors (Lipinski definition) is 1. The van der Waals surface area contributed by atoms with Gasteiger partial charge < -0.3 is 5.11 Å². The highest BCUT2D eigenvalue weighted by molar-refractivity contribution is 5.69. The summed E-state index contributed by atoms with van der Waals surface area (Å²) in [5, 5.41) is 7.94. The van der Waals surface area contributed by atoms with Crippen LogP contribution in [0.3, 0.4) is 0 Å². The Morgan fingerprint density at radius 1 is 2.00 bits per heavy atom. The van der Waals surface area contributed by atoms with Gasteiger partial charge in [-0.25, -0.2) is 0 Å². The highest BCUT2D eigenvalue weighted by Crippen LogP contribution is 1.92. The van der Waals surface area contributed by atoms with Gasteiger partial charge in [0.25, 0.3) is 0 Å². The number of halogens is 1. The van der Waals surface area contributed by atoms with Gasteiger partial charge in [-0.2, -0.15) is 0 Å². The van der Waals surface area contributed by atoms with Gasteiger partial charge in [-0.15, -0.1) is 0 Å². The molecular formula is C4H7FO2. The summed E-state index contributed by atoms with van der Waals surface area (Å²) in [5.74, 6) is -1.93. The largest absolute Gasteiger partial charge is 0.481 e. The molecule has 0 bridgehead atoms. The normalized spacial score (nSPS) is 13.4. The van der Waals surface area contributed by atoms with Gasteiger partial charge in [0.05, 0.1) is 5.92 Å². The predicted octanol–water partition coefficient (Wildman–Crippen LogP) is 0.677. The van der Waals surface area contributed by atoms with E-state index in [4.69, 9.17) is 5.11 Å².